The van der Waals surface area contributed by atoms with Crippen LogP contribution in [0.15, 0.2) is 11.6 Å². The molecule has 0 spiro atoms. The van der Waals surface area contributed by atoms with Crippen LogP contribution < -0.4 is 0 Å². The van der Waals surface area contributed by atoms with Crippen molar-refractivity contribution in [2.45, 2.75) is 40.2 Å². The van der Waals surface area contributed by atoms with Gasteiger partial charge in [0.05, 0.1) is 6.61 Å². The van der Waals surface area contributed by atoms with Crippen molar-refractivity contribution < 1.29 is 24.2 Å². The minimum absolute atomic E-state index is 0.136. The number of rotatable bonds is 7. The number of aliphatic hydroxyl groups is 1. The summed E-state index contributed by atoms with van der Waals surface area (Å²) in [4.78, 5) is 22.6. The van der Waals surface area contributed by atoms with Gasteiger partial charge >= 0.3 is 11.9 Å². The Bertz CT molecular complexity index is 303. The maximum atomic E-state index is 11.4. The van der Waals surface area contributed by atoms with Gasteiger partial charge in [-0.15, -0.1) is 0 Å². The lowest BCUT2D eigenvalue weighted by atomic mass is 10.1. The summed E-state index contributed by atoms with van der Waals surface area (Å²) < 4.78 is 9.84. The molecule has 0 rings (SSSR count). The Labute approximate surface area is 108 Å². The topological polar surface area (TPSA) is 72.8 Å². The monoisotopic (exact) mass is 258 g/mol. The minimum atomic E-state index is -0.800. The first-order valence-electron chi connectivity index (χ1n) is 5.97. The Morgan fingerprint density at radius 1 is 1.28 bits per heavy atom. The van der Waals surface area contributed by atoms with Gasteiger partial charge in [-0.1, -0.05) is 19.4 Å². The highest BCUT2D eigenvalue weighted by Gasteiger charge is 2.16. The zero-order chi connectivity index (χ0) is 14.1. The second kappa shape index (κ2) is 8.69. The highest BCUT2D eigenvalue weighted by atomic mass is 16.6. The molecule has 0 amide bonds. The average molecular weight is 258 g/mol. The maximum Gasteiger partial charge on any atom is 0.330 e. The lowest BCUT2D eigenvalue weighted by molar-refractivity contribution is -0.160. The number of hydrogen-bond donors (Lipinski definition) is 1. The molecule has 5 nitrogen and oxygen atoms in total. The quantitative estimate of drug-likeness (QED) is 0.552. The Morgan fingerprint density at radius 2 is 1.89 bits per heavy atom. The fourth-order valence-electron chi connectivity index (χ4n) is 1.14. The highest BCUT2D eigenvalue weighted by molar-refractivity contribution is 5.82. The predicted octanol–water partition coefficient (Wildman–Crippen LogP) is 1.45. The standard InChI is InChI=1S/C13H22O5/c1-9(2)5-12(15)17-8-11(7-14)18-13(16)6-10(3)4/h5,10-11,14H,6-8H2,1-4H3/t11-/m0/s1. The van der Waals surface area contributed by atoms with Crippen molar-refractivity contribution in [1.29, 1.82) is 0 Å². The Morgan fingerprint density at radius 3 is 2.33 bits per heavy atom. The van der Waals surface area contributed by atoms with Crippen LogP contribution in [-0.2, 0) is 19.1 Å². The summed E-state index contributed by atoms with van der Waals surface area (Å²) in [6.45, 7) is 6.82. The van der Waals surface area contributed by atoms with Crippen molar-refractivity contribution >= 4 is 11.9 Å². The number of carbonyl (C=O) groups is 2. The van der Waals surface area contributed by atoms with E-state index in [1.54, 1.807) is 13.8 Å². The van der Waals surface area contributed by atoms with Crippen LogP contribution in [0.25, 0.3) is 0 Å². The first-order valence-corrected chi connectivity index (χ1v) is 5.97. The first-order chi connectivity index (χ1) is 8.35. The molecule has 104 valence electrons. The Kier molecular flexibility index (Phi) is 8.03. The zero-order valence-corrected chi connectivity index (χ0v) is 11.4. The van der Waals surface area contributed by atoms with Crippen molar-refractivity contribution in [2.24, 2.45) is 5.92 Å². The molecule has 18 heavy (non-hydrogen) atoms. The number of aliphatic hydroxyl groups excluding tert-OH is 1. The van der Waals surface area contributed by atoms with Crippen molar-refractivity contribution in [3.05, 3.63) is 11.6 Å². The second-order valence-electron chi connectivity index (χ2n) is 4.74. The number of hydrogen-bond acceptors (Lipinski definition) is 5. The van der Waals surface area contributed by atoms with E-state index in [2.05, 4.69) is 0 Å². The van der Waals surface area contributed by atoms with E-state index in [1.165, 1.54) is 6.08 Å². The van der Waals surface area contributed by atoms with Crippen molar-refractivity contribution in [3.63, 3.8) is 0 Å². The second-order valence-corrected chi connectivity index (χ2v) is 4.74. The molecular weight excluding hydrogens is 236 g/mol. The molecule has 0 aromatic heterocycles. The molecule has 0 fully saturated rings. The summed E-state index contributed by atoms with van der Waals surface area (Å²) in [5.41, 5.74) is 0.817. The molecule has 0 aromatic carbocycles. The van der Waals surface area contributed by atoms with Gasteiger partial charge in [0.25, 0.3) is 0 Å². The lowest BCUT2D eigenvalue weighted by Gasteiger charge is -2.15. The van der Waals surface area contributed by atoms with Gasteiger partial charge < -0.3 is 14.6 Å². The van der Waals surface area contributed by atoms with Crippen LogP contribution in [0.3, 0.4) is 0 Å². The fraction of sp³-hybridized carbons (Fsp3) is 0.692. The van der Waals surface area contributed by atoms with Crippen LogP contribution in [0.5, 0.6) is 0 Å². The van der Waals surface area contributed by atoms with E-state index < -0.39 is 18.0 Å². The van der Waals surface area contributed by atoms with Gasteiger partial charge in [-0.3, -0.25) is 4.79 Å². The molecule has 0 unspecified atom stereocenters. The Balaban J connectivity index is 4.08. The van der Waals surface area contributed by atoms with Gasteiger partial charge in [0, 0.05) is 12.5 Å². The molecule has 1 N–H and O–H groups in total. The molecule has 0 heterocycles. The van der Waals surface area contributed by atoms with E-state index >= 15 is 0 Å². The molecule has 5 heteroatoms. The third kappa shape index (κ3) is 8.75. The molecule has 0 radical (unpaired) electrons. The summed E-state index contributed by atoms with van der Waals surface area (Å²) in [7, 11) is 0. The van der Waals surface area contributed by atoms with Crippen LogP contribution in [0, 0.1) is 5.92 Å². The summed E-state index contributed by atoms with van der Waals surface area (Å²) in [5.74, 6) is -0.722. The SMILES string of the molecule is CC(C)=CC(=O)OC[C@H](CO)OC(=O)CC(C)C. The van der Waals surface area contributed by atoms with Crippen molar-refractivity contribution in [3.8, 4) is 0 Å². The van der Waals surface area contributed by atoms with Crippen LogP contribution in [0.2, 0.25) is 0 Å². The molecule has 0 bridgehead atoms. The summed E-state index contributed by atoms with van der Waals surface area (Å²) in [6.07, 6.45) is 0.814. The van der Waals surface area contributed by atoms with Crippen LogP contribution >= 0.6 is 0 Å². The summed E-state index contributed by atoms with van der Waals surface area (Å²) >= 11 is 0. The van der Waals surface area contributed by atoms with Gasteiger partial charge in [-0.05, 0) is 19.8 Å². The Hall–Kier alpha value is -1.36. The minimum Gasteiger partial charge on any atom is -0.458 e. The summed E-state index contributed by atoms with van der Waals surface area (Å²) in [5, 5.41) is 9.02. The highest BCUT2D eigenvalue weighted by Crippen LogP contribution is 2.04. The largest absolute Gasteiger partial charge is 0.458 e. The average Bonchev–Trinajstić information content (AvgIpc) is 2.21. The molecule has 0 saturated heterocycles. The normalized spacial score (nSPS) is 11.9. The molecule has 0 saturated carbocycles. The number of allylic oxidation sites excluding steroid dienone is 1. The van der Waals surface area contributed by atoms with Gasteiger partial charge in [0.1, 0.15) is 6.61 Å². The third-order valence-electron chi connectivity index (χ3n) is 1.89. The molecule has 0 aliphatic carbocycles. The van der Waals surface area contributed by atoms with Crippen LogP contribution in [0.1, 0.15) is 34.1 Å². The first kappa shape index (κ1) is 16.6. The number of ether oxygens (including phenoxy) is 2. The van der Waals surface area contributed by atoms with E-state index in [9.17, 15) is 9.59 Å². The smallest absolute Gasteiger partial charge is 0.330 e. The van der Waals surface area contributed by atoms with E-state index in [1.807, 2.05) is 13.8 Å². The maximum absolute atomic E-state index is 11.4. The third-order valence-corrected chi connectivity index (χ3v) is 1.89. The molecule has 1 atom stereocenters. The van der Waals surface area contributed by atoms with Crippen molar-refractivity contribution in [2.75, 3.05) is 13.2 Å². The fourth-order valence-corrected chi connectivity index (χ4v) is 1.14. The molecule has 0 aromatic rings. The zero-order valence-electron chi connectivity index (χ0n) is 11.4. The molecule has 0 aliphatic rings. The summed E-state index contributed by atoms with van der Waals surface area (Å²) in [6, 6.07) is 0. The van der Waals surface area contributed by atoms with Gasteiger partial charge in [0.2, 0.25) is 0 Å². The van der Waals surface area contributed by atoms with Gasteiger partial charge in [0.15, 0.2) is 6.10 Å². The van der Waals surface area contributed by atoms with Crippen LogP contribution in [0.4, 0.5) is 0 Å². The van der Waals surface area contributed by atoms with Crippen molar-refractivity contribution in [1.82, 2.24) is 0 Å². The van der Waals surface area contributed by atoms with E-state index in [4.69, 9.17) is 14.6 Å². The number of esters is 2. The van der Waals surface area contributed by atoms with E-state index in [-0.39, 0.29) is 25.6 Å². The predicted molar refractivity (Wildman–Crippen MR) is 66.8 cm³/mol. The molecule has 0 aliphatic heterocycles. The van der Waals surface area contributed by atoms with Crippen LogP contribution in [-0.4, -0.2) is 36.4 Å². The van der Waals surface area contributed by atoms with E-state index in [0.717, 1.165) is 5.57 Å². The van der Waals surface area contributed by atoms with E-state index in [0.29, 0.717) is 0 Å². The lowest BCUT2D eigenvalue weighted by Crippen LogP contribution is -2.28. The molecular formula is C13H22O5. The number of carbonyl (C=O) groups excluding carboxylic acids is 2. The van der Waals surface area contributed by atoms with Gasteiger partial charge in [-0.25, -0.2) is 4.79 Å². The van der Waals surface area contributed by atoms with Gasteiger partial charge in [-0.2, -0.15) is 0 Å².